The van der Waals surface area contributed by atoms with E-state index in [9.17, 15) is 14.7 Å². The molecule has 1 aliphatic rings. The van der Waals surface area contributed by atoms with Crippen LogP contribution in [-0.2, 0) is 0 Å². The average Bonchev–Trinajstić information content (AvgIpc) is 3.00. The molecule has 0 aliphatic carbocycles. The molecule has 0 atom stereocenters. The molecule has 4 rings (SSSR count). The van der Waals surface area contributed by atoms with Gasteiger partial charge in [-0.3, -0.25) is 14.8 Å². The number of rotatable bonds is 3. The number of ether oxygens (including phenoxy) is 1. The van der Waals surface area contributed by atoms with Crippen LogP contribution >= 0.6 is 0 Å². The van der Waals surface area contributed by atoms with Gasteiger partial charge in [-0.05, 0) is 31.2 Å². The minimum absolute atomic E-state index is 0.0244. The number of H-pyrrole nitrogens is 1. The van der Waals surface area contributed by atoms with Gasteiger partial charge < -0.3 is 9.84 Å². The SMILES string of the molecule is COc1cccc(-n2c(O)c(/C=C3\C(C)=Nc4ccccc43)c(=O)[nH]c2=O)c1. The predicted molar refractivity (Wildman–Crippen MR) is 108 cm³/mol. The maximum Gasteiger partial charge on any atom is 0.335 e. The van der Waals surface area contributed by atoms with E-state index >= 15 is 0 Å². The third-order valence-electron chi connectivity index (χ3n) is 4.59. The summed E-state index contributed by atoms with van der Waals surface area (Å²) in [5.74, 6) is 0.0642. The molecule has 7 nitrogen and oxygen atoms in total. The standard InChI is InChI=1S/C21H17N3O4/c1-12-16(15-8-3-4-9-18(15)22-12)11-17-19(25)23-21(27)24(20(17)26)13-6-5-7-14(10-13)28-2/h3-11,26H,1-2H3,(H,23,25,27)/b16-11+. The number of nitrogens with zero attached hydrogens (tertiary/aromatic N) is 2. The molecule has 0 fully saturated rings. The van der Waals surface area contributed by atoms with E-state index in [1.807, 2.05) is 31.2 Å². The Bertz CT molecular complexity index is 1270. The van der Waals surface area contributed by atoms with E-state index in [0.29, 0.717) is 17.0 Å². The highest BCUT2D eigenvalue weighted by atomic mass is 16.5. The first-order valence-electron chi connectivity index (χ1n) is 8.59. The van der Waals surface area contributed by atoms with Gasteiger partial charge in [0, 0.05) is 22.9 Å². The highest BCUT2D eigenvalue weighted by Gasteiger charge is 2.20. The number of benzene rings is 2. The Morgan fingerprint density at radius 2 is 1.93 bits per heavy atom. The second-order valence-corrected chi connectivity index (χ2v) is 6.31. The van der Waals surface area contributed by atoms with Crippen LogP contribution in [0.1, 0.15) is 18.1 Å². The van der Waals surface area contributed by atoms with Crippen LogP contribution in [0.15, 0.2) is 63.1 Å². The summed E-state index contributed by atoms with van der Waals surface area (Å²) in [5, 5.41) is 10.8. The zero-order valence-corrected chi connectivity index (χ0v) is 15.3. The molecule has 2 heterocycles. The molecule has 3 aromatic rings. The Balaban J connectivity index is 1.94. The number of nitrogens with one attached hydrogen (secondary N) is 1. The number of aromatic nitrogens is 2. The van der Waals surface area contributed by atoms with Gasteiger partial charge in [0.1, 0.15) is 11.3 Å². The van der Waals surface area contributed by atoms with Crippen molar-refractivity contribution in [3.8, 4) is 17.3 Å². The van der Waals surface area contributed by atoms with Gasteiger partial charge in [-0.1, -0.05) is 24.3 Å². The Hall–Kier alpha value is -3.87. The summed E-state index contributed by atoms with van der Waals surface area (Å²) >= 11 is 0. The molecule has 0 bridgehead atoms. The van der Waals surface area contributed by atoms with Gasteiger partial charge in [0.05, 0.1) is 18.5 Å². The van der Waals surface area contributed by atoms with Crippen molar-refractivity contribution in [1.82, 2.24) is 9.55 Å². The van der Waals surface area contributed by atoms with Gasteiger partial charge in [-0.2, -0.15) is 0 Å². The fraction of sp³-hybridized carbons (Fsp3) is 0.0952. The summed E-state index contributed by atoms with van der Waals surface area (Å²) in [6.07, 6.45) is 1.55. The highest BCUT2D eigenvalue weighted by molar-refractivity contribution is 6.31. The highest BCUT2D eigenvalue weighted by Crippen LogP contribution is 2.36. The smallest absolute Gasteiger partial charge is 0.335 e. The normalized spacial score (nSPS) is 14.1. The van der Waals surface area contributed by atoms with Crippen LogP contribution in [0, 0.1) is 0 Å². The summed E-state index contributed by atoms with van der Waals surface area (Å²) in [6.45, 7) is 1.83. The molecule has 0 spiro atoms. The number of aromatic amines is 1. The Labute approximate surface area is 159 Å². The summed E-state index contributed by atoms with van der Waals surface area (Å²) in [6, 6.07) is 14.2. The van der Waals surface area contributed by atoms with Crippen LogP contribution in [0.4, 0.5) is 5.69 Å². The Morgan fingerprint density at radius 3 is 2.71 bits per heavy atom. The molecule has 0 amide bonds. The van der Waals surface area contributed by atoms with Gasteiger partial charge in [-0.25, -0.2) is 9.36 Å². The molecule has 0 saturated heterocycles. The number of hydrogen-bond acceptors (Lipinski definition) is 5. The Kier molecular flexibility index (Phi) is 4.19. The molecule has 28 heavy (non-hydrogen) atoms. The van der Waals surface area contributed by atoms with Crippen molar-refractivity contribution in [3.63, 3.8) is 0 Å². The van der Waals surface area contributed by atoms with E-state index in [2.05, 4.69) is 9.98 Å². The number of fused-ring (bicyclic) bond motifs is 1. The van der Waals surface area contributed by atoms with Crippen molar-refractivity contribution in [2.24, 2.45) is 4.99 Å². The molecule has 7 heteroatoms. The molecule has 1 aliphatic heterocycles. The van der Waals surface area contributed by atoms with Crippen LogP contribution < -0.4 is 16.0 Å². The minimum atomic E-state index is -0.741. The van der Waals surface area contributed by atoms with Gasteiger partial charge >= 0.3 is 5.69 Å². The van der Waals surface area contributed by atoms with Crippen molar-refractivity contribution >= 4 is 23.0 Å². The second kappa shape index (κ2) is 6.70. The topological polar surface area (TPSA) is 96.7 Å². The number of aromatic hydroxyl groups is 1. The molecular weight excluding hydrogens is 358 g/mol. The van der Waals surface area contributed by atoms with Crippen LogP contribution in [0.2, 0.25) is 0 Å². The molecule has 0 saturated carbocycles. The summed E-state index contributed by atoms with van der Waals surface area (Å²) in [7, 11) is 1.50. The molecule has 2 aromatic carbocycles. The van der Waals surface area contributed by atoms with E-state index in [1.54, 1.807) is 30.3 Å². The van der Waals surface area contributed by atoms with E-state index in [1.165, 1.54) is 7.11 Å². The minimum Gasteiger partial charge on any atom is -0.497 e. The third kappa shape index (κ3) is 2.83. The van der Waals surface area contributed by atoms with Crippen molar-refractivity contribution in [2.45, 2.75) is 6.92 Å². The summed E-state index contributed by atoms with van der Waals surface area (Å²) in [5.41, 5.74) is 2.02. The summed E-state index contributed by atoms with van der Waals surface area (Å²) < 4.78 is 6.21. The predicted octanol–water partition coefficient (Wildman–Crippen LogP) is 2.89. The number of allylic oxidation sites excluding steroid dienone is 1. The van der Waals surface area contributed by atoms with Crippen molar-refractivity contribution in [1.29, 1.82) is 0 Å². The number of hydrogen-bond donors (Lipinski definition) is 2. The van der Waals surface area contributed by atoms with Crippen LogP contribution in [0.5, 0.6) is 11.6 Å². The first-order chi connectivity index (χ1) is 13.5. The van der Waals surface area contributed by atoms with Gasteiger partial charge in [0.15, 0.2) is 0 Å². The molecule has 2 N–H and O–H groups in total. The van der Waals surface area contributed by atoms with E-state index in [0.717, 1.165) is 21.5 Å². The van der Waals surface area contributed by atoms with Crippen LogP contribution in [-0.4, -0.2) is 27.5 Å². The zero-order chi connectivity index (χ0) is 19.8. The van der Waals surface area contributed by atoms with E-state index < -0.39 is 17.1 Å². The van der Waals surface area contributed by atoms with Crippen molar-refractivity contribution in [2.75, 3.05) is 7.11 Å². The fourth-order valence-corrected chi connectivity index (χ4v) is 3.22. The van der Waals surface area contributed by atoms with Gasteiger partial charge in [0.2, 0.25) is 5.88 Å². The lowest BCUT2D eigenvalue weighted by molar-refractivity contribution is 0.412. The molecule has 0 radical (unpaired) electrons. The monoisotopic (exact) mass is 375 g/mol. The van der Waals surface area contributed by atoms with E-state index in [4.69, 9.17) is 4.74 Å². The quantitative estimate of drug-likeness (QED) is 0.736. The Morgan fingerprint density at radius 1 is 1.14 bits per heavy atom. The van der Waals surface area contributed by atoms with Crippen molar-refractivity contribution < 1.29 is 9.84 Å². The number of methoxy groups -OCH3 is 1. The third-order valence-corrected chi connectivity index (χ3v) is 4.59. The zero-order valence-electron chi connectivity index (χ0n) is 15.3. The van der Waals surface area contributed by atoms with E-state index in [-0.39, 0.29) is 5.56 Å². The molecule has 140 valence electrons. The first-order valence-corrected chi connectivity index (χ1v) is 8.59. The molecule has 1 aromatic heterocycles. The maximum atomic E-state index is 12.4. The molecule has 0 unspecified atom stereocenters. The van der Waals surface area contributed by atoms with Gasteiger partial charge in [-0.15, -0.1) is 0 Å². The summed E-state index contributed by atoms with van der Waals surface area (Å²) in [4.78, 5) is 31.6. The second-order valence-electron chi connectivity index (χ2n) is 6.31. The fourth-order valence-electron chi connectivity index (χ4n) is 3.22. The van der Waals surface area contributed by atoms with Crippen LogP contribution in [0.3, 0.4) is 0 Å². The van der Waals surface area contributed by atoms with Crippen LogP contribution in [0.25, 0.3) is 17.3 Å². The van der Waals surface area contributed by atoms with Gasteiger partial charge in [0.25, 0.3) is 5.56 Å². The lowest BCUT2D eigenvalue weighted by Gasteiger charge is -2.11. The number of aliphatic imine (C=N–C) groups is 1. The largest absolute Gasteiger partial charge is 0.497 e. The number of para-hydroxylation sites is 1. The van der Waals surface area contributed by atoms with Crippen molar-refractivity contribution in [3.05, 3.63) is 80.5 Å². The first kappa shape index (κ1) is 17.5. The average molecular weight is 375 g/mol. The maximum absolute atomic E-state index is 12.4. The molecular formula is C21H17N3O4. The lowest BCUT2D eigenvalue weighted by atomic mass is 10.0. The lowest BCUT2D eigenvalue weighted by Crippen LogP contribution is -2.30.